The first-order valence-corrected chi connectivity index (χ1v) is 6.32. The highest BCUT2D eigenvalue weighted by Gasteiger charge is 2.17. The van der Waals surface area contributed by atoms with Crippen molar-refractivity contribution in [3.05, 3.63) is 35.4 Å². The second-order valence-electron chi connectivity index (χ2n) is 5.04. The van der Waals surface area contributed by atoms with Gasteiger partial charge in [0.15, 0.2) is 11.6 Å². The summed E-state index contributed by atoms with van der Waals surface area (Å²) < 4.78 is 25.8. The Morgan fingerprint density at radius 2 is 2.06 bits per heavy atom. The van der Waals surface area contributed by atoms with Crippen LogP contribution in [0.15, 0.2) is 18.2 Å². The third kappa shape index (κ3) is 3.50. The van der Waals surface area contributed by atoms with E-state index in [0.717, 1.165) is 24.9 Å². The monoisotopic (exact) mass is 239 g/mol. The number of halogens is 2. The molecule has 1 nitrogen and oxygen atoms in total. The molecular weight excluding hydrogens is 220 g/mol. The highest BCUT2D eigenvalue weighted by molar-refractivity contribution is 5.17. The number of aryl methyl sites for hydroxylation is 1. The lowest BCUT2D eigenvalue weighted by Gasteiger charge is -2.27. The van der Waals surface area contributed by atoms with Crippen LogP contribution in [0.1, 0.15) is 31.7 Å². The van der Waals surface area contributed by atoms with E-state index in [4.69, 9.17) is 0 Å². The van der Waals surface area contributed by atoms with Crippen molar-refractivity contribution in [3.63, 3.8) is 0 Å². The number of hydrogen-bond donors (Lipinski definition) is 1. The molecule has 2 atom stereocenters. The average molecular weight is 239 g/mol. The summed E-state index contributed by atoms with van der Waals surface area (Å²) >= 11 is 0. The fraction of sp³-hybridized carbons (Fsp3) is 0.571. The highest BCUT2D eigenvalue weighted by atomic mass is 19.2. The maximum absolute atomic E-state index is 13.0. The number of piperidine rings is 1. The van der Waals surface area contributed by atoms with Gasteiger partial charge in [-0.3, -0.25) is 0 Å². The van der Waals surface area contributed by atoms with Crippen molar-refractivity contribution >= 4 is 0 Å². The lowest BCUT2D eigenvalue weighted by molar-refractivity contribution is 0.309. The van der Waals surface area contributed by atoms with Gasteiger partial charge >= 0.3 is 0 Å². The van der Waals surface area contributed by atoms with Gasteiger partial charge < -0.3 is 5.32 Å². The normalized spacial score (nSPS) is 24.9. The summed E-state index contributed by atoms with van der Waals surface area (Å²) in [5.74, 6) is -0.834. The summed E-state index contributed by atoms with van der Waals surface area (Å²) in [5, 5.41) is 3.45. The van der Waals surface area contributed by atoms with Gasteiger partial charge in [-0.2, -0.15) is 0 Å². The van der Waals surface area contributed by atoms with E-state index in [2.05, 4.69) is 12.2 Å². The van der Waals surface area contributed by atoms with Gasteiger partial charge in [0.05, 0.1) is 0 Å². The molecule has 0 spiro atoms. The summed E-state index contributed by atoms with van der Waals surface area (Å²) in [4.78, 5) is 0. The van der Waals surface area contributed by atoms with Gasteiger partial charge in [0.25, 0.3) is 0 Å². The molecule has 2 unspecified atom stereocenters. The summed E-state index contributed by atoms with van der Waals surface area (Å²) in [5.41, 5.74) is 0.891. The van der Waals surface area contributed by atoms with Gasteiger partial charge in [0.2, 0.25) is 0 Å². The van der Waals surface area contributed by atoms with E-state index in [9.17, 15) is 8.78 Å². The van der Waals surface area contributed by atoms with Crippen LogP contribution < -0.4 is 5.32 Å². The zero-order chi connectivity index (χ0) is 12.3. The Balaban J connectivity index is 1.83. The Kier molecular flexibility index (Phi) is 4.11. The number of hydrogen-bond acceptors (Lipinski definition) is 1. The molecule has 3 heteroatoms. The van der Waals surface area contributed by atoms with Gasteiger partial charge in [-0.05, 0) is 62.8 Å². The first-order valence-electron chi connectivity index (χ1n) is 6.32. The topological polar surface area (TPSA) is 12.0 Å². The molecular formula is C14H19F2N. The zero-order valence-electron chi connectivity index (χ0n) is 10.2. The summed E-state index contributed by atoms with van der Waals surface area (Å²) in [6, 6.07) is 4.83. The van der Waals surface area contributed by atoms with Gasteiger partial charge in [0, 0.05) is 6.04 Å². The number of rotatable bonds is 3. The smallest absolute Gasteiger partial charge is 0.159 e. The van der Waals surface area contributed by atoms with Gasteiger partial charge in [-0.1, -0.05) is 6.07 Å². The van der Waals surface area contributed by atoms with Crippen LogP contribution in [0.4, 0.5) is 8.78 Å². The molecule has 1 aromatic carbocycles. The lowest BCUT2D eigenvalue weighted by atomic mass is 9.90. The second-order valence-corrected chi connectivity index (χ2v) is 5.04. The van der Waals surface area contributed by atoms with Crippen molar-refractivity contribution in [2.24, 2.45) is 5.92 Å². The predicted molar refractivity (Wildman–Crippen MR) is 64.9 cm³/mol. The first-order chi connectivity index (χ1) is 8.15. The molecule has 0 saturated carbocycles. The fourth-order valence-electron chi connectivity index (χ4n) is 2.37. The Morgan fingerprint density at radius 1 is 1.24 bits per heavy atom. The molecule has 0 aliphatic carbocycles. The molecule has 1 fully saturated rings. The zero-order valence-corrected chi connectivity index (χ0v) is 10.2. The van der Waals surface area contributed by atoms with Gasteiger partial charge in [-0.25, -0.2) is 8.78 Å². The maximum Gasteiger partial charge on any atom is 0.159 e. The molecule has 94 valence electrons. The van der Waals surface area contributed by atoms with Crippen LogP contribution in [0.5, 0.6) is 0 Å². The van der Waals surface area contributed by atoms with E-state index in [1.807, 2.05) is 0 Å². The average Bonchev–Trinajstić information content (AvgIpc) is 2.33. The van der Waals surface area contributed by atoms with E-state index < -0.39 is 11.6 Å². The van der Waals surface area contributed by atoms with Crippen LogP contribution in [0.2, 0.25) is 0 Å². The van der Waals surface area contributed by atoms with Gasteiger partial charge in [0.1, 0.15) is 0 Å². The highest BCUT2D eigenvalue weighted by Crippen LogP contribution is 2.20. The Morgan fingerprint density at radius 3 is 2.71 bits per heavy atom. The van der Waals surface area contributed by atoms with E-state index in [1.54, 1.807) is 6.07 Å². The fourth-order valence-corrected chi connectivity index (χ4v) is 2.37. The molecule has 1 N–H and O–H groups in total. The molecule has 2 rings (SSSR count). The van der Waals surface area contributed by atoms with Crippen LogP contribution in [0, 0.1) is 17.6 Å². The molecule has 1 aromatic rings. The summed E-state index contributed by atoms with van der Waals surface area (Å²) in [6.45, 7) is 3.25. The lowest BCUT2D eigenvalue weighted by Crippen LogP contribution is -2.36. The van der Waals surface area contributed by atoms with Crippen molar-refractivity contribution < 1.29 is 8.78 Å². The summed E-state index contributed by atoms with van der Waals surface area (Å²) in [6.07, 6.45) is 4.32. The largest absolute Gasteiger partial charge is 0.314 e. The number of nitrogens with one attached hydrogen (secondary N) is 1. The van der Waals surface area contributed by atoms with Crippen molar-refractivity contribution in [3.8, 4) is 0 Å². The van der Waals surface area contributed by atoms with Gasteiger partial charge in [-0.15, -0.1) is 0 Å². The molecule has 0 aromatic heterocycles. The molecule has 1 heterocycles. The van der Waals surface area contributed by atoms with E-state index in [1.165, 1.54) is 25.0 Å². The van der Waals surface area contributed by atoms with Crippen LogP contribution in [-0.4, -0.2) is 12.6 Å². The minimum Gasteiger partial charge on any atom is -0.314 e. The maximum atomic E-state index is 13.0. The third-order valence-electron chi connectivity index (χ3n) is 3.59. The summed E-state index contributed by atoms with van der Waals surface area (Å²) in [7, 11) is 0. The molecule has 17 heavy (non-hydrogen) atoms. The van der Waals surface area contributed by atoms with E-state index in [0.29, 0.717) is 12.0 Å². The molecule has 0 radical (unpaired) electrons. The molecule has 0 amide bonds. The number of benzene rings is 1. The quantitative estimate of drug-likeness (QED) is 0.853. The van der Waals surface area contributed by atoms with Crippen LogP contribution in [0.25, 0.3) is 0 Å². The minimum absolute atomic E-state index is 0.620. The third-order valence-corrected chi connectivity index (χ3v) is 3.59. The van der Waals surface area contributed by atoms with Crippen molar-refractivity contribution in [2.45, 2.75) is 38.6 Å². The molecule has 1 aliphatic heterocycles. The Bertz CT molecular complexity index is 370. The second kappa shape index (κ2) is 5.58. The Hall–Kier alpha value is -0.960. The first kappa shape index (κ1) is 12.5. The molecule has 0 bridgehead atoms. The predicted octanol–water partition coefficient (Wildman–Crippen LogP) is 3.29. The Labute approximate surface area is 101 Å². The molecule has 1 aliphatic rings. The van der Waals surface area contributed by atoms with E-state index >= 15 is 0 Å². The standard InChI is InChI=1S/C14H19F2N/c1-10-2-3-12(9-17-10)5-4-11-6-7-13(15)14(16)8-11/h6-8,10,12,17H,2-5,9H2,1H3. The van der Waals surface area contributed by atoms with E-state index in [-0.39, 0.29) is 0 Å². The van der Waals surface area contributed by atoms with Crippen molar-refractivity contribution in [2.75, 3.05) is 6.54 Å². The van der Waals surface area contributed by atoms with Crippen molar-refractivity contribution in [1.82, 2.24) is 5.32 Å². The van der Waals surface area contributed by atoms with Crippen LogP contribution >= 0.6 is 0 Å². The van der Waals surface area contributed by atoms with Crippen molar-refractivity contribution in [1.29, 1.82) is 0 Å². The van der Waals surface area contributed by atoms with Crippen LogP contribution in [0.3, 0.4) is 0 Å². The minimum atomic E-state index is -0.762. The van der Waals surface area contributed by atoms with Crippen LogP contribution in [-0.2, 0) is 6.42 Å². The molecule has 1 saturated heterocycles. The SMILES string of the molecule is CC1CCC(CCc2ccc(F)c(F)c2)CN1.